The zero-order valence-electron chi connectivity index (χ0n) is 18.0. The first-order valence-corrected chi connectivity index (χ1v) is 11.7. The van der Waals surface area contributed by atoms with Crippen LogP contribution in [0.15, 0.2) is 12.7 Å². The van der Waals surface area contributed by atoms with Gasteiger partial charge >= 0.3 is 6.09 Å². The minimum atomic E-state index is -3.83. The van der Waals surface area contributed by atoms with Crippen LogP contribution in [0.4, 0.5) is 4.79 Å². The smallest absolute Gasteiger partial charge is 0.410 e. The monoisotopic (exact) mass is 441 g/mol. The zero-order chi connectivity index (χ0) is 22.5. The molecule has 3 amide bonds. The lowest BCUT2D eigenvalue weighted by Crippen LogP contribution is -2.57. The van der Waals surface area contributed by atoms with E-state index in [1.54, 1.807) is 27.7 Å². The number of rotatable bonds is 6. The largest absolute Gasteiger partial charge is 0.444 e. The van der Waals surface area contributed by atoms with Crippen LogP contribution in [0.25, 0.3) is 0 Å². The third-order valence-electron chi connectivity index (χ3n) is 6.06. The van der Waals surface area contributed by atoms with E-state index >= 15 is 0 Å². The number of amides is 3. The van der Waals surface area contributed by atoms with Crippen LogP contribution < -0.4 is 10.0 Å². The van der Waals surface area contributed by atoms with Crippen molar-refractivity contribution in [1.29, 1.82) is 0 Å². The van der Waals surface area contributed by atoms with Crippen molar-refractivity contribution in [2.24, 2.45) is 5.92 Å². The van der Waals surface area contributed by atoms with E-state index in [1.807, 2.05) is 0 Å². The average molecular weight is 442 g/mol. The molecule has 9 nitrogen and oxygen atoms in total. The summed E-state index contributed by atoms with van der Waals surface area (Å²) in [5, 5.41) is 2.72. The second kappa shape index (κ2) is 7.25. The maximum atomic E-state index is 13.0. The Morgan fingerprint density at radius 2 is 1.87 bits per heavy atom. The van der Waals surface area contributed by atoms with Crippen LogP contribution in [-0.4, -0.2) is 59.7 Å². The van der Waals surface area contributed by atoms with Gasteiger partial charge in [0.1, 0.15) is 17.2 Å². The van der Waals surface area contributed by atoms with Crippen LogP contribution in [0.3, 0.4) is 0 Å². The minimum absolute atomic E-state index is 0.263. The predicted octanol–water partition coefficient (Wildman–Crippen LogP) is 1.45. The average Bonchev–Trinajstić information content (AvgIpc) is 3.47. The van der Waals surface area contributed by atoms with Crippen molar-refractivity contribution in [3.63, 3.8) is 0 Å². The Labute approximate surface area is 177 Å². The van der Waals surface area contributed by atoms with Crippen molar-refractivity contribution >= 4 is 27.9 Å². The summed E-state index contributed by atoms with van der Waals surface area (Å²) >= 11 is 0. The van der Waals surface area contributed by atoms with Crippen LogP contribution in [0.2, 0.25) is 0 Å². The molecule has 0 bridgehead atoms. The number of ether oxygens (including phenoxy) is 1. The molecule has 2 aliphatic carbocycles. The summed E-state index contributed by atoms with van der Waals surface area (Å²) in [5.74, 6) is -1.62. The van der Waals surface area contributed by atoms with Crippen LogP contribution >= 0.6 is 0 Å². The maximum absolute atomic E-state index is 13.0. The quantitative estimate of drug-likeness (QED) is 0.602. The van der Waals surface area contributed by atoms with Crippen molar-refractivity contribution in [1.82, 2.24) is 14.9 Å². The van der Waals surface area contributed by atoms with Crippen molar-refractivity contribution in [3.8, 4) is 0 Å². The number of likely N-dealkylation sites (tertiary alicyclic amines) is 1. The molecule has 3 fully saturated rings. The summed E-state index contributed by atoms with van der Waals surface area (Å²) in [6.07, 6.45) is 3.27. The number of nitrogens with zero attached hydrogens (tertiary/aromatic N) is 1. The molecule has 0 aromatic carbocycles. The predicted molar refractivity (Wildman–Crippen MR) is 110 cm³/mol. The zero-order valence-corrected chi connectivity index (χ0v) is 18.8. The van der Waals surface area contributed by atoms with E-state index in [9.17, 15) is 22.8 Å². The van der Waals surface area contributed by atoms with Crippen molar-refractivity contribution < 1.29 is 27.5 Å². The molecule has 1 saturated heterocycles. The molecule has 3 unspecified atom stereocenters. The molecule has 3 atom stereocenters. The molecule has 3 aliphatic rings. The number of hydrogen-bond donors (Lipinski definition) is 2. The molecule has 0 spiro atoms. The van der Waals surface area contributed by atoms with Crippen LogP contribution in [0.1, 0.15) is 59.8 Å². The fraction of sp³-hybridized carbons (Fsp3) is 0.750. The van der Waals surface area contributed by atoms with E-state index in [0.717, 1.165) is 0 Å². The Kier molecular flexibility index (Phi) is 5.46. The van der Waals surface area contributed by atoms with Gasteiger partial charge < -0.3 is 10.1 Å². The Bertz CT molecular complexity index is 873. The summed E-state index contributed by atoms with van der Waals surface area (Å²) in [5.41, 5.74) is -2.06. The van der Waals surface area contributed by atoms with Gasteiger partial charge in [-0.15, -0.1) is 6.58 Å². The van der Waals surface area contributed by atoms with Gasteiger partial charge in [-0.25, -0.2) is 13.2 Å². The highest BCUT2D eigenvalue weighted by Gasteiger charge is 2.62. The van der Waals surface area contributed by atoms with Crippen molar-refractivity contribution in [2.45, 2.75) is 81.7 Å². The Morgan fingerprint density at radius 3 is 2.37 bits per heavy atom. The summed E-state index contributed by atoms with van der Waals surface area (Å²) < 4.78 is 31.5. The summed E-state index contributed by atoms with van der Waals surface area (Å²) in [6, 6.07) is -0.770. The standard InChI is InChI=1S/C20H31N3O6S/c1-6-13-12-20(13,16(25)22-30(27,28)19(5)9-10-19)21-15(24)14-8-7-11-23(14)17(26)29-18(2,3)4/h6,13-14H,1,7-12H2,2-5H3,(H,21,24)(H,22,25). The second-order valence-corrected chi connectivity index (χ2v) is 11.9. The molecule has 3 rings (SSSR count). The molecule has 2 N–H and O–H groups in total. The van der Waals surface area contributed by atoms with Gasteiger partial charge in [0.25, 0.3) is 5.91 Å². The van der Waals surface area contributed by atoms with Crippen LogP contribution in [-0.2, 0) is 24.3 Å². The van der Waals surface area contributed by atoms with E-state index in [2.05, 4.69) is 16.6 Å². The van der Waals surface area contributed by atoms with Gasteiger partial charge in [-0.2, -0.15) is 0 Å². The van der Waals surface area contributed by atoms with Gasteiger partial charge in [0.15, 0.2) is 0 Å². The first kappa shape index (κ1) is 22.6. The van der Waals surface area contributed by atoms with E-state index in [0.29, 0.717) is 32.2 Å². The fourth-order valence-electron chi connectivity index (χ4n) is 3.70. The van der Waals surface area contributed by atoms with Gasteiger partial charge in [0.2, 0.25) is 15.9 Å². The highest BCUT2D eigenvalue weighted by atomic mass is 32.2. The third kappa shape index (κ3) is 4.19. The summed E-state index contributed by atoms with van der Waals surface area (Å²) in [7, 11) is -3.83. The molecule has 1 aliphatic heterocycles. The molecule has 10 heteroatoms. The second-order valence-electron chi connectivity index (χ2n) is 9.72. The molecular weight excluding hydrogens is 410 g/mol. The molecule has 2 saturated carbocycles. The normalized spacial score (nSPS) is 29.7. The Hall–Kier alpha value is -2.10. The Morgan fingerprint density at radius 1 is 1.23 bits per heavy atom. The number of hydrogen-bond acceptors (Lipinski definition) is 6. The van der Waals surface area contributed by atoms with Gasteiger partial charge in [-0.05, 0) is 59.8 Å². The molecule has 1 heterocycles. The third-order valence-corrected chi connectivity index (χ3v) is 8.22. The Balaban J connectivity index is 1.72. The highest BCUT2D eigenvalue weighted by Crippen LogP contribution is 2.47. The van der Waals surface area contributed by atoms with Crippen LogP contribution in [0.5, 0.6) is 0 Å². The number of nitrogens with one attached hydrogen (secondary N) is 2. The number of carbonyl (C=O) groups excluding carboxylic acids is 3. The molecule has 0 aromatic rings. The minimum Gasteiger partial charge on any atom is -0.444 e. The SMILES string of the molecule is C=CC1CC1(NC(=O)C1CCCN1C(=O)OC(C)(C)C)C(=O)NS(=O)(=O)C1(C)CC1. The lowest BCUT2D eigenvalue weighted by molar-refractivity contribution is -0.131. The fourth-order valence-corrected chi connectivity index (χ4v) is 5.01. The lowest BCUT2D eigenvalue weighted by Gasteiger charge is -2.29. The first-order chi connectivity index (χ1) is 13.7. The van der Waals surface area contributed by atoms with Crippen LogP contribution in [0, 0.1) is 5.92 Å². The number of sulfonamides is 1. The lowest BCUT2D eigenvalue weighted by atomic mass is 10.1. The summed E-state index contributed by atoms with van der Waals surface area (Å²) in [4.78, 5) is 39.7. The van der Waals surface area contributed by atoms with E-state index in [1.165, 1.54) is 11.0 Å². The summed E-state index contributed by atoms with van der Waals surface area (Å²) in [6.45, 7) is 10.9. The van der Waals surface area contributed by atoms with E-state index in [4.69, 9.17) is 4.74 Å². The molecule has 0 radical (unpaired) electrons. The van der Waals surface area contributed by atoms with Gasteiger partial charge in [-0.1, -0.05) is 6.08 Å². The van der Waals surface area contributed by atoms with Gasteiger partial charge in [0.05, 0.1) is 4.75 Å². The highest BCUT2D eigenvalue weighted by molar-refractivity contribution is 7.91. The first-order valence-electron chi connectivity index (χ1n) is 10.3. The number of carbonyl (C=O) groups is 3. The molecular formula is C20H31N3O6S. The van der Waals surface area contributed by atoms with Gasteiger partial charge in [-0.3, -0.25) is 19.2 Å². The molecule has 30 heavy (non-hydrogen) atoms. The van der Waals surface area contributed by atoms with Gasteiger partial charge in [0, 0.05) is 12.5 Å². The van der Waals surface area contributed by atoms with E-state index in [-0.39, 0.29) is 12.3 Å². The van der Waals surface area contributed by atoms with E-state index < -0.39 is 49.9 Å². The maximum Gasteiger partial charge on any atom is 0.410 e. The van der Waals surface area contributed by atoms with Crippen molar-refractivity contribution in [2.75, 3.05) is 6.54 Å². The topological polar surface area (TPSA) is 122 Å². The molecule has 0 aromatic heterocycles. The molecule has 168 valence electrons. The van der Waals surface area contributed by atoms with Crippen molar-refractivity contribution in [3.05, 3.63) is 12.7 Å².